The lowest BCUT2D eigenvalue weighted by Gasteiger charge is -2.27. The van der Waals surface area contributed by atoms with Gasteiger partial charge >= 0.3 is 0 Å². The number of nitrogens with zero attached hydrogens (tertiary/aromatic N) is 2. The van der Waals surface area contributed by atoms with Crippen molar-refractivity contribution >= 4 is 51.5 Å². The molecule has 35 heavy (non-hydrogen) atoms. The van der Waals surface area contributed by atoms with Gasteiger partial charge in [0.2, 0.25) is 5.78 Å². The van der Waals surface area contributed by atoms with Gasteiger partial charge in [-0.05, 0) is 42.0 Å². The number of carbonyl (C=O) groups excluding carboxylic acids is 2. The Morgan fingerprint density at radius 1 is 1.11 bits per heavy atom. The summed E-state index contributed by atoms with van der Waals surface area (Å²) in [5.41, 5.74) is 0.478. The maximum Gasteiger partial charge on any atom is 0.294 e. The number of hydrogen-bond donors (Lipinski definition) is 2. The molecule has 2 N–H and O–H groups in total. The number of aliphatic hydroxyl groups is 1. The van der Waals surface area contributed by atoms with Crippen molar-refractivity contribution in [3.8, 4) is 11.5 Å². The number of fused-ring (bicyclic) bond motifs is 1. The summed E-state index contributed by atoms with van der Waals surface area (Å²) in [5.74, 6) is -2.49. The minimum absolute atomic E-state index is 0.0174. The van der Waals surface area contributed by atoms with Gasteiger partial charge in [-0.25, -0.2) is 0 Å². The first kappa shape index (κ1) is 22.8. The second kappa shape index (κ2) is 8.65. The average molecular weight is 511 g/mol. The van der Waals surface area contributed by atoms with Crippen LogP contribution < -0.4 is 9.64 Å². The van der Waals surface area contributed by atoms with E-state index in [1.165, 1.54) is 43.8 Å². The number of phenols is 1. The van der Waals surface area contributed by atoms with Gasteiger partial charge in [0.1, 0.15) is 5.75 Å². The van der Waals surface area contributed by atoms with Gasteiger partial charge in [0.05, 0.1) is 24.4 Å². The highest BCUT2D eigenvalue weighted by Crippen LogP contribution is 2.45. The number of furan rings is 1. The number of aliphatic hydroxyl groups excluding tert-OH is 1. The summed E-state index contributed by atoms with van der Waals surface area (Å²) in [6.07, 6.45) is 2.99. The number of benzene rings is 2. The number of halogens is 2. The molecular formula is C25H16Cl2N2O6. The molecule has 1 aliphatic heterocycles. The van der Waals surface area contributed by atoms with Crippen LogP contribution in [0.2, 0.25) is 10.0 Å². The summed E-state index contributed by atoms with van der Waals surface area (Å²) >= 11 is 12.2. The number of phenolic OH excluding ortho intramolecular Hbond substituents is 1. The fourth-order valence-electron chi connectivity index (χ4n) is 4.11. The number of methoxy groups -OCH3 is 1. The van der Waals surface area contributed by atoms with E-state index in [2.05, 4.69) is 4.98 Å². The van der Waals surface area contributed by atoms with Crippen LogP contribution in [0.15, 0.2) is 76.7 Å². The van der Waals surface area contributed by atoms with E-state index in [-0.39, 0.29) is 33.4 Å². The van der Waals surface area contributed by atoms with Crippen molar-refractivity contribution in [1.82, 2.24) is 4.98 Å². The quantitative estimate of drug-likeness (QED) is 0.334. The molecular weight excluding hydrogens is 495 g/mol. The molecule has 4 aromatic rings. The molecule has 8 nitrogen and oxygen atoms in total. The average Bonchev–Trinajstić information content (AvgIpc) is 3.39. The molecule has 1 aliphatic rings. The largest absolute Gasteiger partial charge is 0.506 e. The molecule has 2 aromatic heterocycles. The van der Waals surface area contributed by atoms with Crippen LogP contribution in [0.1, 0.15) is 22.2 Å². The summed E-state index contributed by atoms with van der Waals surface area (Å²) in [6, 6.07) is 10.9. The Bertz CT molecular complexity index is 1530. The number of amides is 1. The van der Waals surface area contributed by atoms with Crippen LogP contribution in [0.3, 0.4) is 0 Å². The number of carbonyl (C=O) groups is 2. The lowest BCUT2D eigenvalue weighted by atomic mass is 9.96. The number of aromatic hydroxyl groups is 1. The number of rotatable bonds is 5. The number of ketones is 1. The SMILES string of the molecule is COc1cc(Cl)cc2cc(C(=O)C3=C(O)C(=O)N(c4cc(Cl)ccc4O)C3c3cccnc3)oc12. The van der Waals surface area contributed by atoms with Gasteiger partial charge in [-0.15, -0.1) is 0 Å². The van der Waals surface area contributed by atoms with Gasteiger partial charge in [-0.2, -0.15) is 0 Å². The normalized spacial score (nSPS) is 15.8. The summed E-state index contributed by atoms with van der Waals surface area (Å²) in [6.45, 7) is 0. The summed E-state index contributed by atoms with van der Waals surface area (Å²) in [7, 11) is 1.44. The molecule has 0 bridgehead atoms. The minimum atomic E-state index is -1.12. The summed E-state index contributed by atoms with van der Waals surface area (Å²) in [4.78, 5) is 32.1. The molecule has 0 radical (unpaired) electrons. The maximum atomic E-state index is 13.7. The molecule has 1 amide bonds. The zero-order valence-corrected chi connectivity index (χ0v) is 19.5. The number of anilines is 1. The monoisotopic (exact) mass is 510 g/mol. The van der Waals surface area contributed by atoms with E-state index in [9.17, 15) is 19.8 Å². The van der Waals surface area contributed by atoms with E-state index in [4.69, 9.17) is 32.4 Å². The molecule has 1 atom stereocenters. The van der Waals surface area contributed by atoms with E-state index < -0.39 is 23.5 Å². The lowest BCUT2D eigenvalue weighted by molar-refractivity contribution is -0.117. The van der Waals surface area contributed by atoms with Crippen molar-refractivity contribution in [2.24, 2.45) is 0 Å². The third-order valence-electron chi connectivity index (χ3n) is 5.64. The highest BCUT2D eigenvalue weighted by molar-refractivity contribution is 6.32. The van der Waals surface area contributed by atoms with Crippen LogP contribution in [-0.2, 0) is 4.79 Å². The molecule has 1 unspecified atom stereocenters. The molecule has 10 heteroatoms. The van der Waals surface area contributed by atoms with E-state index in [1.54, 1.807) is 24.3 Å². The van der Waals surface area contributed by atoms with Crippen LogP contribution in [0.5, 0.6) is 11.5 Å². The first-order valence-electron chi connectivity index (χ1n) is 10.3. The third kappa shape index (κ3) is 3.77. The number of Topliss-reactive ketones (excluding diaryl/α,β-unsaturated/α-hetero) is 1. The minimum Gasteiger partial charge on any atom is -0.506 e. The Morgan fingerprint density at radius 3 is 2.63 bits per heavy atom. The van der Waals surface area contributed by atoms with E-state index in [0.717, 1.165) is 4.90 Å². The van der Waals surface area contributed by atoms with E-state index >= 15 is 0 Å². The number of pyridine rings is 1. The first-order valence-corrected chi connectivity index (χ1v) is 11.0. The Kier molecular flexibility index (Phi) is 5.62. The van der Waals surface area contributed by atoms with Gasteiger partial charge in [0.25, 0.3) is 5.91 Å². The lowest BCUT2D eigenvalue weighted by Crippen LogP contribution is -2.31. The van der Waals surface area contributed by atoms with Crippen molar-refractivity contribution in [2.75, 3.05) is 12.0 Å². The first-order chi connectivity index (χ1) is 16.8. The molecule has 3 heterocycles. The molecule has 176 valence electrons. The van der Waals surface area contributed by atoms with E-state index in [0.29, 0.717) is 21.7 Å². The highest BCUT2D eigenvalue weighted by Gasteiger charge is 2.46. The number of hydrogen-bond acceptors (Lipinski definition) is 7. The predicted octanol–water partition coefficient (Wildman–Crippen LogP) is 5.63. The molecule has 0 spiro atoms. The molecule has 5 rings (SSSR count). The van der Waals surface area contributed by atoms with Gasteiger partial charge < -0.3 is 19.4 Å². The second-order valence-corrected chi connectivity index (χ2v) is 8.60. The Labute approximate surface area is 208 Å². The van der Waals surface area contributed by atoms with Crippen molar-refractivity contribution in [2.45, 2.75) is 6.04 Å². The summed E-state index contributed by atoms with van der Waals surface area (Å²) in [5, 5.41) is 22.5. The second-order valence-electron chi connectivity index (χ2n) is 7.73. The molecule has 0 saturated heterocycles. The third-order valence-corrected chi connectivity index (χ3v) is 6.09. The predicted molar refractivity (Wildman–Crippen MR) is 129 cm³/mol. The topological polar surface area (TPSA) is 113 Å². The van der Waals surface area contributed by atoms with Crippen molar-refractivity contribution < 1.29 is 29.0 Å². The van der Waals surface area contributed by atoms with Crippen LogP contribution >= 0.6 is 23.2 Å². The van der Waals surface area contributed by atoms with Gasteiger partial charge in [0, 0.05) is 33.9 Å². The van der Waals surface area contributed by atoms with Gasteiger partial charge in [-0.3, -0.25) is 19.5 Å². The highest BCUT2D eigenvalue weighted by atomic mass is 35.5. The van der Waals surface area contributed by atoms with Crippen molar-refractivity contribution in [3.63, 3.8) is 0 Å². The molecule has 0 saturated carbocycles. The Hall–Kier alpha value is -4.01. The van der Waals surface area contributed by atoms with Gasteiger partial charge in [0.15, 0.2) is 22.9 Å². The zero-order chi connectivity index (χ0) is 24.9. The molecule has 0 fully saturated rings. The van der Waals surface area contributed by atoms with Crippen LogP contribution in [0.4, 0.5) is 5.69 Å². The van der Waals surface area contributed by atoms with Crippen molar-refractivity contribution in [3.05, 3.63) is 93.6 Å². The molecule has 2 aromatic carbocycles. The maximum absolute atomic E-state index is 13.7. The van der Waals surface area contributed by atoms with Crippen molar-refractivity contribution in [1.29, 1.82) is 0 Å². The van der Waals surface area contributed by atoms with Crippen LogP contribution in [0, 0.1) is 0 Å². The Balaban J connectivity index is 1.68. The smallest absolute Gasteiger partial charge is 0.294 e. The zero-order valence-electron chi connectivity index (χ0n) is 18.0. The fraction of sp³-hybridized carbons (Fsp3) is 0.0800. The molecule has 0 aliphatic carbocycles. The number of aromatic nitrogens is 1. The fourth-order valence-corrected chi connectivity index (χ4v) is 4.49. The standard InChI is InChI=1S/C25H16Cl2N2O6/c1-34-19-10-15(27)7-13-8-18(35-24(13)19)22(31)20-21(12-3-2-6-28-11-12)29(25(33)23(20)32)16-9-14(26)4-5-17(16)30/h2-11,21,30,32H,1H3. The Morgan fingerprint density at radius 2 is 1.91 bits per heavy atom. The van der Waals surface area contributed by atoms with Gasteiger partial charge in [-0.1, -0.05) is 29.3 Å². The number of ether oxygens (including phenoxy) is 1. The van der Waals surface area contributed by atoms with Crippen LogP contribution in [0.25, 0.3) is 11.0 Å². The summed E-state index contributed by atoms with van der Waals surface area (Å²) < 4.78 is 11.1. The van der Waals surface area contributed by atoms with Crippen LogP contribution in [-0.4, -0.2) is 34.0 Å². The van der Waals surface area contributed by atoms with E-state index in [1.807, 2.05) is 0 Å².